The zero-order valence-electron chi connectivity index (χ0n) is 11.9. The summed E-state index contributed by atoms with van der Waals surface area (Å²) in [6.07, 6.45) is 1.38. The molecule has 2 atom stereocenters. The van der Waals surface area contributed by atoms with Crippen LogP contribution in [0.2, 0.25) is 0 Å². The summed E-state index contributed by atoms with van der Waals surface area (Å²) in [7, 11) is -3.00. The molecule has 0 aromatic heterocycles. The van der Waals surface area contributed by atoms with Gasteiger partial charge in [-0.25, -0.2) is 8.42 Å². The van der Waals surface area contributed by atoms with Gasteiger partial charge >= 0.3 is 0 Å². The number of hydrogen-bond donors (Lipinski definition) is 1. The number of sulfone groups is 1. The maximum atomic E-state index is 12.4. The van der Waals surface area contributed by atoms with E-state index in [-0.39, 0.29) is 29.4 Å². The first-order valence-electron chi connectivity index (χ1n) is 7.34. The van der Waals surface area contributed by atoms with E-state index in [4.69, 9.17) is 0 Å². The first kappa shape index (κ1) is 14.4. The molecular formula is C15H20N2O3S. The fourth-order valence-electron chi connectivity index (χ4n) is 3.10. The highest BCUT2D eigenvalue weighted by atomic mass is 32.2. The molecule has 2 fully saturated rings. The van der Waals surface area contributed by atoms with E-state index in [0.717, 1.165) is 12.1 Å². The molecule has 3 rings (SSSR count). The van der Waals surface area contributed by atoms with E-state index in [0.29, 0.717) is 19.5 Å². The Morgan fingerprint density at radius 3 is 2.62 bits per heavy atom. The SMILES string of the molecule is O=C([C@@H]1CCS(=O)(=O)C1)N1CC[C@H](Nc2ccccc2)C1. The van der Waals surface area contributed by atoms with Crippen molar-refractivity contribution < 1.29 is 13.2 Å². The van der Waals surface area contributed by atoms with Gasteiger partial charge in [0.1, 0.15) is 0 Å². The van der Waals surface area contributed by atoms with Crippen molar-refractivity contribution in [2.75, 3.05) is 29.9 Å². The Morgan fingerprint density at radius 1 is 1.19 bits per heavy atom. The second kappa shape index (κ2) is 5.67. The minimum atomic E-state index is -3.00. The van der Waals surface area contributed by atoms with Crippen LogP contribution < -0.4 is 5.32 Å². The number of likely N-dealkylation sites (tertiary alicyclic amines) is 1. The van der Waals surface area contributed by atoms with Crippen LogP contribution in [-0.2, 0) is 14.6 Å². The lowest BCUT2D eigenvalue weighted by atomic mass is 10.1. The summed E-state index contributed by atoms with van der Waals surface area (Å²) >= 11 is 0. The van der Waals surface area contributed by atoms with Gasteiger partial charge in [0.2, 0.25) is 5.91 Å². The van der Waals surface area contributed by atoms with Crippen LogP contribution in [-0.4, -0.2) is 49.9 Å². The highest BCUT2D eigenvalue weighted by Gasteiger charge is 2.37. The number of benzene rings is 1. The highest BCUT2D eigenvalue weighted by molar-refractivity contribution is 7.91. The maximum Gasteiger partial charge on any atom is 0.226 e. The van der Waals surface area contributed by atoms with Gasteiger partial charge in [-0.15, -0.1) is 0 Å². The molecule has 1 aromatic rings. The van der Waals surface area contributed by atoms with Gasteiger partial charge < -0.3 is 10.2 Å². The molecular weight excluding hydrogens is 288 g/mol. The molecule has 6 heteroatoms. The van der Waals surface area contributed by atoms with Crippen molar-refractivity contribution in [1.29, 1.82) is 0 Å². The molecule has 5 nitrogen and oxygen atoms in total. The normalized spacial score (nSPS) is 27.7. The first-order valence-corrected chi connectivity index (χ1v) is 9.16. The number of amides is 1. The lowest BCUT2D eigenvalue weighted by Crippen LogP contribution is -2.36. The number of nitrogens with one attached hydrogen (secondary N) is 1. The summed E-state index contributed by atoms with van der Waals surface area (Å²) < 4.78 is 23.0. The van der Waals surface area contributed by atoms with Gasteiger partial charge in [0.05, 0.1) is 17.4 Å². The van der Waals surface area contributed by atoms with Crippen LogP contribution in [0.5, 0.6) is 0 Å². The summed E-state index contributed by atoms with van der Waals surface area (Å²) in [4.78, 5) is 14.2. The summed E-state index contributed by atoms with van der Waals surface area (Å²) in [6, 6.07) is 10.2. The molecule has 2 saturated heterocycles. The fraction of sp³-hybridized carbons (Fsp3) is 0.533. The maximum absolute atomic E-state index is 12.4. The monoisotopic (exact) mass is 308 g/mol. The minimum Gasteiger partial charge on any atom is -0.380 e. The van der Waals surface area contributed by atoms with Crippen LogP contribution in [0, 0.1) is 5.92 Å². The van der Waals surface area contributed by atoms with Crippen LogP contribution in [0.25, 0.3) is 0 Å². The quantitative estimate of drug-likeness (QED) is 0.909. The van der Waals surface area contributed by atoms with Crippen LogP contribution in [0.4, 0.5) is 5.69 Å². The average molecular weight is 308 g/mol. The number of nitrogens with zero attached hydrogens (tertiary/aromatic N) is 1. The van der Waals surface area contributed by atoms with Crippen molar-refractivity contribution in [3.63, 3.8) is 0 Å². The zero-order chi connectivity index (χ0) is 14.9. The van der Waals surface area contributed by atoms with Gasteiger partial charge in [0.15, 0.2) is 9.84 Å². The van der Waals surface area contributed by atoms with Crippen molar-refractivity contribution in [3.8, 4) is 0 Å². The van der Waals surface area contributed by atoms with Crippen LogP contribution in [0.1, 0.15) is 12.8 Å². The number of para-hydroxylation sites is 1. The molecule has 0 spiro atoms. The van der Waals surface area contributed by atoms with Crippen molar-refractivity contribution in [2.24, 2.45) is 5.92 Å². The standard InChI is InChI=1S/C15H20N2O3S/c18-15(12-7-9-21(19,20)11-12)17-8-6-14(10-17)16-13-4-2-1-3-5-13/h1-5,12,14,16H,6-11H2/t12-,14+/m1/s1. The van der Waals surface area contributed by atoms with Crippen LogP contribution >= 0.6 is 0 Å². The molecule has 0 bridgehead atoms. The Hall–Kier alpha value is -1.56. The van der Waals surface area contributed by atoms with Crippen LogP contribution in [0.3, 0.4) is 0 Å². The second-order valence-corrected chi connectivity index (χ2v) is 8.11. The highest BCUT2D eigenvalue weighted by Crippen LogP contribution is 2.24. The van der Waals surface area contributed by atoms with Crippen molar-refractivity contribution in [2.45, 2.75) is 18.9 Å². The second-order valence-electron chi connectivity index (χ2n) is 5.88. The van der Waals surface area contributed by atoms with Gasteiger partial charge in [-0.2, -0.15) is 0 Å². The Morgan fingerprint density at radius 2 is 1.95 bits per heavy atom. The Labute approximate surface area is 125 Å². The van der Waals surface area contributed by atoms with Gasteiger partial charge in [0.25, 0.3) is 0 Å². The van der Waals surface area contributed by atoms with Gasteiger partial charge in [-0.05, 0) is 25.0 Å². The number of hydrogen-bond acceptors (Lipinski definition) is 4. The Kier molecular flexibility index (Phi) is 3.89. The topological polar surface area (TPSA) is 66.5 Å². The van der Waals surface area contributed by atoms with E-state index >= 15 is 0 Å². The van der Waals surface area contributed by atoms with E-state index in [1.54, 1.807) is 0 Å². The largest absolute Gasteiger partial charge is 0.380 e. The molecule has 0 unspecified atom stereocenters. The van der Waals surface area contributed by atoms with E-state index in [1.165, 1.54) is 0 Å². The Bertz CT molecular complexity index is 615. The number of rotatable bonds is 3. The molecule has 1 aromatic carbocycles. The van der Waals surface area contributed by atoms with E-state index in [1.807, 2.05) is 35.2 Å². The smallest absolute Gasteiger partial charge is 0.226 e. The molecule has 1 N–H and O–H groups in total. The third-order valence-electron chi connectivity index (χ3n) is 4.23. The third-order valence-corrected chi connectivity index (χ3v) is 5.99. The molecule has 0 aliphatic carbocycles. The molecule has 114 valence electrons. The minimum absolute atomic E-state index is 0.00781. The molecule has 1 amide bonds. The predicted molar refractivity (Wildman–Crippen MR) is 81.8 cm³/mol. The van der Waals surface area contributed by atoms with E-state index in [9.17, 15) is 13.2 Å². The molecule has 2 aliphatic rings. The molecule has 0 radical (unpaired) electrons. The molecule has 2 heterocycles. The van der Waals surface area contributed by atoms with Crippen molar-refractivity contribution >= 4 is 21.4 Å². The summed E-state index contributed by atoms with van der Waals surface area (Å²) in [5.74, 6) is -0.138. The van der Waals surface area contributed by atoms with Gasteiger partial charge in [-0.3, -0.25) is 4.79 Å². The fourth-order valence-corrected chi connectivity index (χ4v) is 4.83. The average Bonchev–Trinajstić information content (AvgIpc) is 3.06. The molecule has 2 aliphatic heterocycles. The third kappa shape index (κ3) is 3.37. The number of carbonyl (C=O) groups is 1. The summed E-state index contributed by atoms with van der Waals surface area (Å²) in [6.45, 7) is 1.37. The van der Waals surface area contributed by atoms with Gasteiger partial charge in [0, 0.05) is 24.8 Å². The van der Waals surface area contributed by atoms with Crippen molar-refractivity contribution in [3.05, 3.63) is 30.3 Å². The summed E-state index contributed by atoms with van der Waals surface area (Å²) in [5.41, 5.74) is 1.06. The Balaban J connectivity index is 1.56. The predicted octanol–water partition coefficient (Wildman–Crippen LogP) is 1.13. The lowest BCUT2D eigenvalue weighted by molar-refractivity contribution is -0.133. The number of carbonyl (C=O) groups excluding carboxylic acids is 1. The van der Waals surface area contributed by atoms with Crippen molar-refractivity contribution in [1.82, 2.24) is 4.90 Å². The summed E-state index contributed by atoms with van der Waals surface area (Å²) in [5, 5.41) is 3.42. The first-order chi connectivity index (χ1) is 10.0. The van der Waals surface area contributed by atoms with Gasteiger partial charge in [-0.1, -0.05) is 18.2 Å². The molecule has 0 saturated carbocycles. The van der Waals surface area contributed by atoms with E-state index in [2.05, 4.69) is 5.32 Å². The van der Waals surface area contributed by atoms with Crippen LogP contribution in [0.15, 0.2) is 30.3 Å². The zero-order valence-corrected chi connectivity index (χ0v) is 12.7. The molecule has 21 heavy (non-hydrogen) atoms. The lowest BCUT2D eigenvalue weighted by Gasteiger charge is -2.20. The van der Waals surface area contributed by atoms with E-state index < -0.39 is 9.84 Å². The number of anilines is 1.